The number of nitrogens with zero attached hydrogens (tertiary/aromatic N) is 2. The fourth-order valence-corrected chi connectivity index (χ4v) is 3.34. The molecule has 0 aliphatic heterocycles. The van der Waals surface area contributed by atoms with E-state index in [1.54, 1.807) is 0 Å². The summed E-state index contributed by atoms with van der Waals surface area (Å²) >= 11 is 7.46. The van der Waals surface area contributed by atoms with Crippen molar-refractivity contribution in [3.63, 3.8) is 0 Å². The highest BCUT2D eigenvalue weighted by atomic mass is 35.5. The molecule has 28 heavy (non-hydrogen) atoms. The van der Waals surface area contributed by atoms with Crippen LogP contribution in [0.15, 0.2) is 53.6 Å². The molecule has 0 radical (unpaired) electrons. The second kappa shape index (κ2) is 9.34. The third kappa shape index (κ3) is 5.55. The van der Waals surface area contributed by atoms with Crippen LogP contribution in [0.1, 0.15) is 16.0 Å². The minimum atomic E-state index is -0.361. The van der Waals surface area contributed by atoms with Crippen molar-refractivity contribution < 1.29 is 9.53 Å². The zero-order valence-corrected chi connectivity index (χ0v) is 17.0. The molecule has 0 fully saturated rings. The van der Waals surface area contributed by atoms with Crippen LogP contribution in [0.2, 0.25) is 5.15 Å². The summed E-state index contributed by atoms with van der Waals surface area (Å²) in [5, 5.41) is 8.05. The lowest BCUT2D eigenvalue weighted by molar-refractivity contribution is -0.123. The molecule has 3 rings (SSSR count). The number of ether oxygens (including phenoxy) is 1. The number of hydrogen-bond donors (Lipinski definition) is 2. The van der Waals surface area contributed by atoms with E-state index in [2.05, 4.69) is 20.8 Å². The van der Waals surface area contributed by atoms with E-state index in [4.69, 9.17) is 16.3 Å². The minimum Gasteiger partial charge on any atom is -0.483 e. The second-order valence-corrected chi connectivity index (χ2v) is 7.40. The number of benzene rings is 2. The molecular weight excluding hydrogens is 396 g/mol. The van der Waals surface area contributed by atoms with Crippen LogP contribution in [-0.2, 0) is 4.79 Å². The molecule has 0 saturated heterocycles. The molecule has 0 spiro atoms. The van der Waals surface area contributed by atoms with Gasteiger partial charge in [-0.1, -0.05) is 53.3 Å². The summed E-state index contributed by atoms with van der Waals surface area (Å²) in [5.74, 6) is 0.321. The lowest BCUT2D eigenvalue weighted by atomic mass is 10.1. The summed E-state index contributed by atoms with van der Waals surface area (Å²) in [6.07, 6.45) is 1.46. The number of nitrogens with one attached hydrogen (secondary N) is 2. The Kier molecular flexibility index (Phi) is 6.62. The fraction of sp³-hybridized carbons (Fsp3) is 0.150. The van der Waals surface area contributed by atoms with E-state index in [9.17, 15) is 4.79 Å². The largest absolute Gasteiger partial charge is 0.483 e. The topological polar surface area (TPSA) is 75.6 Å². The zero-order chi connectivity index (χ0) is 19.9. The Morgan fingerprint density at radius 1 is 1.25 bits per heavy atom. The average Bonchev–Trinajstić information content (AvgIpc) is 3.02. The van der Waals surface area contributed by atoms with Crippen LogP contribution in [-0.4, -0.2) is 23.7 Å². The van der Waals surface area contributed by atoms with E-state index in [1.807, 2.05) is 62.4 Å². The minimum absolute atomic E-state index is 0.126. The van der Waals surface area contributed by atoms with Crippen molar-refractivity contribution in [2.45, 2.75) is 13.8 Å². The predicted octanol–water partition coefficient (Wildman–Crippen LogP) is 4.69. The highest BCUT2D eigenvalue weighted by Crippen LogP contribution is 2.27. The van der Waals surface area contributed by atoms with Gasteiger partial charge in [-0.25, -0.2) is 10.4 Å². The number of hydrogen-bond acceptors (Lipinski definition) is 6. The van der Waals surface area contributed by atoms with Gasteiger partial charge in [-0.15, -0.1) is 0 Å². The first-order valence-corrected chi connectivity index (χ1v) is 9.71. The standard InChI is InChI=1S/C20H19ClN4O2S/c1-13-8-9-14(2)16(10-13)27-12-18(26)25-22-11-17-19(21)24-20(28-17)23-15-6-4-3-5-7-15/h3-11H,12H2,1-2H3,(H,23,24)(H,25,26)/b22-11+. The van der Waals surface area contributed by atoms with Crippen molar-refractivity contribution in [1.82, 2.24) is 10.4 Å². The van der Waals surface area contributed by atoms with Crippen LogP contribution < -0.4 is 15.5 Å². The van der Waals surface area contributed by atoms with Crippen LogP contribution in [0.3, 0.4) is 0 Å². The third-order valence-corrected chi connectivity index (χ3v) is 5.01. The number of carbonyl (C=O) groups excluding carboxylic acids is 1. The normalized spacial score (nSPS) is 10.8. The number of halogens is 1. The summed E-state index contributed by atoms with van der Waals surface area (Å²) in [4.78, 5) is 16.8. The Bertz CT molecular complexity index is 989. The zero-order valence-electron chi connectivity index (χ0n) is 15.4. The van der Waals surface area contributed by atoms with Crippen molar-refractivity contribution in [2.75, 3.05) is 11.9 Å². The van der Waals surface area contributed by atoms with Gasteiger partial charge in [0.2, 0.25) is 0 Å². The number of rotatable bonds is 7. The highest BCUT2D eigenvalue weighted by molar-refractivity contribution is 7.17. The maximum Gasteiger partial charge on any atom is 0.277 e. The molecule has 1 heterocycles. The van der Waals surface area contributed by atoms with E-state index in [1.165, 1.54) is 17.6 Å². The van der Waals surface area contributed by atoms with E-state index >= 15 is 0 Å². The molecule has 2 N–H and O–H groups in total. The number of carbonyl (C=O) groups is 1. The second-order valence-electron chi connectivity index (χ2n) is 6.02. The van der Waals surface area contributed by atoms with Crippen LogP contribution in [0, 0.1) is 13.8 Å². The monoisotopic (exact) mass is 414 g/mol. The number of aryl methyl sites for hydroxylation is 2. The quantitative estimate of drug-likeness (QED) is 0.434. The van der Waals surface area contributed by atoms with Gasteiger partial charge in [0.1, 0.15) is 5.75 Å². The summed E-state index contributed by atoms with van der Waals surface area (Å²) in [5.41, 5.74) is 5.38. The van der Waals surface area contributed by atoms with Gasteiger partial charge >= 0.3 is 0 Å². The van der Waals surface area contributed by atoms with Gasteiger partial charge in [0.05, 0.1) is 11.1 Å². The number of amides is 1. The molecule has 0 bridgehead atoms. The van der Waals surface area contributed by atoms with Gasteiger partial charge in [-0.3, -0.25) is 4.79 Å². The van der Waals surface area contributed by atoms with E-state index in [0.29, 0.717) is 20.9 Å². The lowest BCUT2D eigenvalue weighted by Crippen LogP contribution is -2.24. The average molecular weight is 415 g/mol. The Hall–Kier alpha value is -2.90. The predicted molar refractivity (Wildman–Crippen MR) is 114 cm³/mol. The number of para-hydroxylation sites is 1. The SMILES string of the molecule is Cc1ccc(C)c(OCC(=O)N/N=C/c2sc(Nc3ccccc3)nc2Cl)c1. The fourth-order valence-electron chi connectivity index (χ4n) is 2.29. The molecule has 0 saturated carbocycles. The molecule has 1 amide bonds. The molecule has 144 valence electrons. The van der Waals surface area contributed by atoms with E-state index in [0.717, 1.165) is 16.8 Å². The van der Waals surface area contributed by atoms with Crippen LogP contribution in [0.4, 0.5) is 10.8 Å². The summed E-state index contributed by atoms with van der Waals surface area (Å²) in [7, 11) is 0. The van der Waals surface area contributed by atoms with Crippen LogP contribution >= 0.6 is 22.9 Å². The van der Waals surface area contributed by atoms with Crippen molar-refractivity contribution in [2.24, 2.45) is 5.10 Å². The van der Waals surface area contributed by atoms with Crippen molar-refractivity contribution in [3.8, 4) is 5.75 Å². The summed E-state index contributed by atoms with van der Waals surface area (Å²) in [6.45, 7) is 3.77. The Labute approximate surface area is 172 Å². The van der Waals surface area contributed by atoms with Gasteiger partial charge < -0.3 is 10.1 Å². The molecule has 0 atom stereocenters. The van der Waals surface area contributed by atoms with Gasteiger partial charge in [-0.05, 0) is 43.2 Å². The van der Waals surface area contributed by atoms with Crippen molar-refractivity contribution >= 4 is 45.9 Å². The molecule has 3 aromatic rings. The first kappa shape index (κ1) is 19.9. The molecule has 6 nitrogen and oxygen atoms in total. The Morgan fingerprint density at radius 2 is 2.04 bits per heavy atom. The van der Waals surface area contributed by atoms with Crippen molar-refractivity contribution in [3.05, 3.63) is 69.7 Å². The Balaban J connectivity index is 1.52. The van der Waals surface area contributed by atoms with Crippen LogP contribution in [0.5, 0.6) is 5.75 Å². The molecule has 2 aromatic carbocycles. The van der Waals surface area contributed by atoms with E-state index < -0.39 is 0 Å². The molecule has 8 heteroatoms. The maximum absolute atomic E-state index is 11.9. The van der Waals surface area contributed by atoms with Gasteiger partial charge in [0.25, 0.3) is 5.91 Å². The number of hydrazone groups is 1. The van der Waals surface area contributed by atoms with Gasteiger partial charge in [-0.2, -0.15) is 5.10 Å². The Morgan fingerprint density at radius 3 is 2.82 bits per heavy atom. The van der Waals surface area contributed by atoms with Crippen LogP contribution in [0.25, 0.3) is 0 Å². The molecule has 1 aromatic heterocycles. The number of thiazole rings is 1. The summed E-state index contributed by atoms with van der Waals surface area (Å²) in [6, 6.07) is 15.5. The maximum atomic E-state index is 11.9. The first-order valence-electron chi connectivity index (χ1n) is 8.51. The molecule has 0 aliphatic rings. The number of aromatic nitrogens is 1. The molecule has 0 unspecified atom stereocenters. The van der Waals surface area contributed by atoms with Gasteiger partial charge in [0.15, 0.2) is 16.9 Å². The third-order valence-electron chi connectivity index (χ3n) is 3.71. The lowest BCUT2D eigenvalue weighted by Gasteiger charge is -2.08. The summed E-state index contributed by atoms with van der Waals surface area (Å²) < 4.78 is 5.54. The highest BCUT2D eigenvalue weighted by Gasteiger charge is 2.08. The first-order chi connectivity index (χ1) is 13.5. The molecule has 0 aliphatic carbocycles. The van der Waals surface area contributed by atoms with E-state index in [-0.39, 0.29) is 12.5 Å². The molecular formula is C20H19ClN4O2S. The van der Waals surface area contributed by atoms with Crippen molar-refractivity contribution in [1.29, 1.82) is 0 Å². The smallest absolute Gasteiger partial charge is 0.277 e. The van der Waals surface area contributed by atoms with Gasteiger partial charge in [0, 0.05) is 5.69 Å². The number of anilines is 2.